The zero-order valence-corrected chi connectivity index (χ0v) is 19.4. The second kappa shape index (κ2) is 9.66. The first-order chi connectivity index (χ1) is 16.4. The van der Waals surface area contributed by atoms with E-state index in [0.717, 1.165) is 5.56 Å². The molecular weight excluding hydrogens is 434 g/mol. The van der Waals surface area contributed by atoms with E-state index in [1.54, 1.807) is 42.0 Å². The van der Waals surface area contributed by atoms with Crippen LogP contribution in [0.3, 0.4) is 0 Å². The predicted octanol–water partition coefficient (Wildman–Crippen LogP) is 4.03. The number of fused-ring (bicyclic) bond motifs is 1. The Hall–Kier alpha value is -4.33. The van der Waals surface area contributed by atoms with E-state index in [9.17, 15) is 9.59 Å². The normalized spacial score (nSPS) is 10.7. The van der Waals surface area contributed by atoms with E-state index in [-0.39, 0.29) is 5.56 Å². The molecule has 2 aromatic heterocycles. The summed E-state index contributed by atoms with van der Waals surface area (Å²) < 4.78 is 17.6. The first-order valence-electron chi connectivity index (χ1n) is 10.6. The second-order valence-corrected chi connectivity index (χ2v) is 7.66. The van der Waals surface area contributed by atoms with E-state index in [1.807, 2.05) is 30.3 Å². The number of aromatic nitrogens is 2. The smallest absolute Gasteiger partial charge is 0.260 e. The lowest BCUT2D eigenvalue weighted by Crippen LogP contribution is -2.22. The topological polar surface area (TPSA) is 91.7 Å². The highest BCUT2D eigenvalue weighted by atomic mass is 16.5. The first-order valence-corrected chi connectivity index (χ1v) is 10.6. The Bertz CT molecular complexity index is 1390. The van der Waals surface area contributed by atoms with Crippen molar-refractivity contribution in [2.75, 3.05) is 26.6 Å². The minimum absolute atomic E-state index is 0.212. The molecule has 0 radical (unpaired) electrons. The molecule has 0 spiro atoms. The molecule has 1 N–H and O–H groups in total. The maximum absolute atomic E-state index is 13.2. The van der Waals surface area contributed by atoms with Gasteiger partial charge in [0.1, 0.15) is 0 Å². The molecule has 0 saturated heterocycles. The lowest BCUT2D eigenvalue weighted by Gasteiger charge is -2.15. The molecule has 1 amide bonds. The lowest BCUT2D eigenvalue weighted by atomic mass is 10.1. The monoisotopic (exact) mass is 459 g/mol. The number of pyridine rings is 2. The Morgan fingerprint density at radius 2 is 1.65 bits per heavy atom. The van der Waals surface area contributed by atoms with E-state index < -0.39 is 5.91 Å². The molecule has 8 heteroatoms. The third kappa shape index (κ3) is 4.43. The quantitative estimate of drug-likeness (QED) is 0.449. The molecule has 0 bridgehead atoms. The maximum Gasteiger partial charge on any atom is 0.260 e. The summed E-state index contributed by atoms with van der Waals surface area (Å²) in [5.41, 5.74) is 2.60. The van der Waals surface area contributed by atoms with Gasteiger partial charge in [-0.05, 0) is 24.6 Å². The zero-order chi connectivity index (χ0) is 24.2. The molecule has 4 rings (SSSR count). The molecule has 0 unspecified atom stereocenters. The second-order valence-electron chi connectivity index (χ2n) is 7.66. The number of hydrogen-bond donors (Lipinski definition) is 1. The van der Waals surface area contributed by atoms with Crippen LogP contribution in [0.2, 0.25) is 0 Å². The average molecular weight is 460 g/mol. The number of nitrogens with zero attached hydrogens (tertiary/aromatic N) is 2. The Kier molecular flexibility index (Phi) is 6.49. The molecular formula is C26H25N3O5. The fourth-order valence-corrected chi connectivity index (χ4v) is 3.79. The molecule has 34 heavy (non-hydrogen) atoms. The summed E-state index contributed by atoms with van der Waals surface area (Å²) in [6, 6.07) is 16.4. The summed E-state index contributed by atoms with van der Waals surface area (Å²) in [5.74, 6) is 0.841. The lowest BCUT2D eigenvalue weighted by molar-refractivity contribution is 0.102. The Morgan fingerprint density at radius 1 is 0.971 bits per heavy atom. The van der Waals surface area contributed by atoms with Gasteiger partial charge in [0.15, 0.2) is 11.5 Å². The Balaban J connectivity index is 1.70. The van der Waals surface area contributed by atoms with Crippen LogP contribution in [0.4, 0.5) is 5.69 Å². The van der Waals surface area contributed by atoms with Crippen LogP contribution in [0.1, 0.15) is 21.6 Å². The van der Waals surface area contributed by atoms with Crippen molar-refractivity contribution in [2.24, 2.45) is 0 Å². The number of benzene rings is 2. The summed E-state index contributed by atoms with van der Waals surface area (Å²) in [4.78, 5) is 30.8. The van der Waals surface area contributed by atoms with Gasteiger partial charge >= 0.3 is 0 Å². The van der Waals surface area contributed by atoms with Gasteiger partial charge < -0.3 is 24.1 Å². The fraction of sp³-hybridized carbons (Fsp3) is 0.192. The summed E-state index contributed by atoms with van der Waals surface area (Å²) >= 11 is 0. The summed E-state index contributed by atoms with van der Waals surface area (Å²) in [7, 11) is 4.51. The average Bonchev–Trinajstić information content (AvgIpc) is 2.85. The van der Waals surface area contributed by atoms with E-state index in [0.29, 0.717) is 51.6 Å². The van der Waals surface area contributed by atoms with Crippen molar-refractivity contribution >= 4 is 22.5 Å². The molecule has 0 saturated carbocycles. The van der Waals surface area contributed by atoms with Gasteiger partial charge in [0, 0.05) is 24.0 Å². The van der Waals surface area contributed by atoms with Gasteiger partial charge in [0.25, 0.3) is 11.5 Å². The zero-order valence-electron chi connectivity index (χ0n) is 19.4. The van der Waals surface area contributed by atoms with Crippen molar-refractivity contribution in [1.29, 1.82) is 0 Å². The van der Waals surface area contributed by atoms with Crippen molar-refractivity contribution in [3.05, 3.63) is 88.0 Å². The van der Waals surface area contributed by atoms with Crippen LogP contribution in [0.5, 0.6) is 17.2 Å². The van der Waals surface area contributed by atoms with Crippen LogP contribution < -0.4 is 25.1 Å². The van der Waals surface area contributed by atoms with E-state index in [2.05, 4.69) is 10.3 Å². The maximum atomic E-state index is 13.2. The van der Waals surface area contributed by atoms with Gasteiger partial charge in [0.2, 0.25) is 5.75 Å². The molecule has 8 nitrogen and oxygen atoms in total. The minimum atomic E-state index is -0.404. The van der Waals surface area contributed by atoms with Crippen LogP contribution in [0, 0.1) is 6.92 Å². The molecule has 0 atom stereocenters. The van der Waals surface area contributed by atoms with Crippen LogP contribution in [-0.4, -0.2) is 36.8 Å². The number of aryl methyl sites for hydroxylation is 1. The van der Waals surface area contributed by atoms with Crippen molar-refractivity contribution in [1.82, 2.24) is 9.55 Å². The van der Waals surface area contributed by atoms with Crippen molar-refractivity contribution in [2.45, 2.75) is 13.5 Å². The fourth-order valence-electron chi connectivity index (χ4n) is 3.79. The summed E-state index contributed by atoms with van der Waals surface area (Å²) in [6.45, 7) is 2.16. The number of ether oxygens (including phenoxy) is 3. The van der Waals surface area contributed by atoms with Crippen LogP contribution >= 0.6 is 0 Å². The predicted molar refractivity (Wildman–Crippen MR) is 130 cm³/mol. The SMILES string of the molecule is COc1cc(NC(=O)c2cc3c(=O)n(Cc4ccccc4)ccc3nc2C)cc(OC)c1OC. The number of carbonyl (C=O) groups is 1. The van der Waals surface area contributed by atoms with Crippen LogP contribution in [0.15, 0.2) is 65.6 Å². The van der Waals surface area contributed by atoms with E-state index in [4.69, 9.17) is 14.2 Å². The molecule has 4 aromatic rings. The number of anilines is 1. The molecule has 0 aliphatic heterocycles. The van der Waals surface area contributed by atoms with Gasteiger partial charge in [-0.1, -0.05) is 30.3 Å². The number of nitrogens with one attached hydrogen (secondary N) is 1. The number of carbonyl (C=O) groups excluding carboxylic acids is 1. The van der Waals surface area contributed by atoms with Crippen molar-refractivity contribution < 1.29 is 19.0 Å². The Labute approximate surface area is 196 Å². The van der Waals surface area contributed by atoms with Crippen LogP contribution in [0.25, 0.3) is 10.9 Å². The molecule has 2 heterocycles. The van der Waals surface area contributed by atoms with Crippen molar-refractivity contribution in [3.8, 4) is 17.2 Å². The highest BCUT2D eigenvalue weighted by molar-refractivity contribution is 6.07. The molecule has 0 fully saturated rings. The Morgan fingerprint density at radius 3 is 2.26 bits per heavy atom. The molecule has 0 aliphatic carbocycles. The van der Waals surface area contributed by atoms with E-state index >= 15 is 0 Å². The van der Waals surface area contributed by atoms with Crippen LogP contribution in [-0.2, 0) is 6.54 Å². The summed E-state index contributed by atoms with van der Waals surface area (Å²) in [5, 5.41) is 3.21. The van der Waals surface area contributed by atoms with Gasteiger partial charge in [-0.15, -0.1) is 0 Å². The summed E-state index contributed by atoms with van der Waals surface area (Å²) in [6.07, 6.45) is 1.72. The molecule has 0 aliphatic rings. The number of methoxy groups -OCH3 is 3. The van der Waals surface area contributed by atoms with Gasteiger partial charge in [-0.3, -0.25) is 14.6 Å². The highest BCUT2D eigenvalue weighted by Crippen LogP contribution is 2.40. The molecule has 2 aromatic carbocycles. The van der Waals surface area contributed by atoms with Crippen molar-refractivity contribution in [3.63, 3.8) is 0 Å². The molecule has 174 valence electrons. The third-order valence-electron chi connectivity index (χ3n) is 5.51. The van der Waals surface area contributed by atoms with Gasteiger partial charge in [0.05, 0.1) is 50.0 Å². The van der Waals surface area contributed by atoms with Gasteiger partial charge in [-0.2, -0.15) is 0 Å². The minimum Gasteiger partial charge on any atom is -0.493 e. The first kappa shape index (κ1) is 22.8. The van der Waals surface area contributed by atoms with Gasteiger partial charge in [-0.25, -0.2) is 0 Å². The largest absolute Gasteiger partial charge is 0.493 e. The number of hydrogen-bond acceptors (Lipinski definition) is 6. The third-order valence-corrected chi connectivity index (χ3v) is 5.51. The highest BCUT2D eigenvalue weighted by Gasteiger charge is 2.18. The number of rotatable bonds is 7. The van der Waals surface area contributed by atoms with E-state index in [1.165, 1.54) is 21.3 Å². The standard InChI is InChI=1S/C26H25N3O5/c1-16-19(25(30)28-18-12-22(32-2)24(34-4)23(13-18)33-3)14-20-21(27-16)10-11-29(26(20)31)15-17-8-6-5-7-9-17/h5-14H,15H2,1-4H3,(H,28,30). The number of amides is 1.